The van der Waals surface area contributed by atoms with E-state index in [4.69, 9.17) is 5.11 Å². The number of aliphatic hydroxyl groups is 2. The number of aliphatic hydroxyl groups excluding tert-OH is 2. The number of hydrogen-bond acceptors (Lipinski definition) is 5. The molecule has 6 heteroatoms. The number of rotatable bonds is 4. The van der Waals surface area contributed by atoms with Crippen LogP contribution >= 0.6 is 0 Å². The maximum Gasteiger partial charge on any atom is 0.258 e. The molecule has 0 bridgehead atoms. The maximum absolute atomic E-state index is 12.4. The number of fused-ring (bicyclic) bond motifs is 1. The van der Waals surface area contributed by atoms with Crippen molar-refractivity contribution in [1.82, 2.24) is 9.88 Å². The van der Waals surface area contributed by atoms with Gasteiger partial charge in [-0.2, -0.15) is 0 Å². The zero-order valence-electron chi connectivity index (χ0n) is 12.4. The molecule has 0 aliphatic carbocycles. The lowest BCUT2D eigenvalue weighted by Gasteiger charge is -2.29. The van der Waals surface area contributed by atoms with Crippen LogP contribution in [0.25, 0.3) is 10.8 Å². The number of benzene rings is 1. The molecule has 0 spiro atoms. The van der Waals surface area contributed by atoms with E-state index in [-0.39, 0.29) is 18.7 Å². The fraction of sp³-hybridized carbons (Fsp3) is 0.438. The lowest BCUT2D eigenvalue weighted by Crippen LogP contribution is -2.43. The van der Waals surface area contributed by atoms with Gasteiger partial charge in [0.25, 0.3) is 5.56 Å². The van der Waals surface area contributed by atoms with Gasteiger partial charge in [-0.25, -0.2) is 0 Å². The Labute approximate surface area is 128 Å². The van der Waals surface area contributed by atoms with Crippen molar-refractivity contribution in [3.8, 4) is 0 Å². The standard InChI is InChI=1S/C16H21N3O3/c20-11-14(21)10-19-6-3-12-9-13(1-2-15(12)16(19)22)18-7-4-17-5-8-18/h1-3,6,9,14,17,20-21H,4-5,7-8,10-11H2. The molecule has 1 aromatic carbocycles. The summed E-state index contributed by atoms with van der Waals surface area (Å²) in [5.41, 5.74) is 0.985. The van der Waals surface area contributed by atoms with E-state index in [0.29, 0.717) is 5.39 Å². The molecule has 22 heavy (non-hydrogen) atoms. The third-order valence-corrected chi connectivity index (χ3v) is 4.06. The molecule has 2 aromatic rings. The van der Waals surface area contributed by atoms with Gasteiger partial charge in [0.2, 0.25) is 0 Å². The Morgan fingerprint density at radius 3 is 2.73 bits per heavy atom. The molecule has 0 saturated carbocycles. The van der Waals surface area contributed by atoms with E-state index in [1.54, 1.807) is 6.20 Å². The van der Waals surface area contributed by atoms with Crippen molar-refractivity contribution in [2.75, 3.05) is 37.7 Å². The van der Waals surface area contributed by atoms with Gasteiger partial charge in [0, 0.05) is 43.4 Å². The Balaban J connectivity index is 1.93. The fourth-order valence-electron chi connectivity index (χ4n) is 2.82. The predicted octanol–water partition coefficient (Wildman–Crippen LogP) is -0.236. The average Bonchev–Trinajstić information content (AvgIpc) is 2.57. The van der Waals surface area contributed by atoms with Crippen LogP contribution in [0, 0.1) is 0 Å². The molecule has 1 fully saturated rings. The monoisotopic (exact) mass is 303 g/mol. The summed E-state index contributed by atoms with van der Waals surface area (Å²) in [7, 11) is 0. The number of hydrogen-bond donors (Lipinski definition) is 3. The van der Waals surface area contributed by atoms with E-state index >= 15 is 0 Å². The summed E-state index contributed by atoms with van der Waals surface area (Å²) in [6.07, 6.45) is 0.751. The molecule has 1 aliphatic heterocycles. The second-order valence-corrected chi connectivity index (χ2v) is 5.62. The minimum Gasteiger partial charge on any atom is -0.394 e. The lowest BCUT2D eigenvalue weighted by atomic mass is 10.1. The number of pyridine rings is 1. The van der Waals surface area contributed by atoms with Crippen LogP contribution in [0.2, 0.25) is 0 Å². The molecule has 3 rings (SSSR count). The van der Waals surface area contributed by atoms with Crippen LogP contribution in [0.5, 0.6) is 0 Å². The summed E-state index contributed by atoms with van der Waals surface area (Å²) < 4.78 is 1.44. The Morgan fingerprint density at radius 2 is 2.00 bits per heavy atom. The van der Waals surface area contributed by atoms with Crippen LogP contribution in [-0.4, -0.2) is 53.7 Å². The van der Waals surface area contributed by atoms with E-state index in [1.165, 1.54) is 4.57 Å². The Bertz CT molecular complexity index is 707. The zero-order chi connectivity index (χ0) is 15.5. The normalized spacial score (nSPS) is 16.9. The summed E-state index contributed by atoms with van der Waals surface area (Å²) >= 11 is 0. The Kier molecular flexibility index (Phi) is 4.42. The first-order valence-electron chi connectivity index (χ1n) is 7.57. The maximum atomic E-state index is 12.4. The number of nitrogens with one attached hydrogen (secondary N) is 1. The lowest BCUT2D eigenvalue weighted by molar-refractivity contribution is 0.0805. The van der Waals surface area contributed by atoms with Crippen molar-refractivity contribution < 1.29 is 10.2 Å². The first-order valence-corrected chi connectivity index (χ1v) is 7.57. The number of nitrogens with zero attached hydrogens (tertiary/aromatic N) is 2. The number of piperazine rings is 1. The third-order valence-electron chi connectivity index (χ3n) is 4.06. The highest BCUT2D eigenvalue weighted by Gasteiger charge is 2.12. The molecule has 0 amide bonds. The van der Waals surface area contributed by atoms with Crippen LogP contribution in [0.4, 0.5) is 5.69 Å². The van der Waals surface area contributed by atoms with Crippen LogP contribution in [0.1, 0.15) is 0 Å². The molecule has 1 aromatic heterocycles. The molecule has 6 nitrogen and oxygen atoms in total. The van der Waals surface area contributed by atoms with E-state index in [2.05, 4.69) is 10.2 Å². The fourth-order valence-corrected chi connectivity index (χ4v) is 2.82. The smallest absolute Gasteiger partial charge is 0.258 e. The van der Waals surface area contributed by atoms with Gasteiger partial charge >= 0.3 is 0 Å². The highest BCUT2D eigenvalue weighted by atomic mass is 16.3. The molecule has 1 unspecified atom stereocenters. The van der Waals surface area contributed by atoms with Crippen molar-refractivity contribution in [2.24, 2.45) is 0 Å². The highest BCUT2D eigenvalue weighted by molar-refractivity contribution is 5.85. The van der Waals surface area contributed by atoms with Gasteiger partial charge in [0.05, 0.1) is 19.3 Å². The van der Waals surface area contributed by atoms with Gasteiger partial charge in [-0.1, -0.05) is 0 Å². The van der Waals surface area contributed by atoms with Gasteiger partial charge in [-0.05, 0) is 29.7 Å². The summed E-state index contributed by atoms with van der Waals surface area (Å²) in [4.78, 5) is 14.7. The summed E-state index contributed by atoms with van der Waals surface area (Å²) in [6.45, 7) is 3.62. The van der Waals surface area contributed by atoms with Crippen LogP contribution in [0.3, 0.4) is 0 Å². The first-order chi connectivity index (χ1) is 10.7. The Hall–Kier alpha value is -1.89. The molecular formula is C16H21N3O3. The minimum atomic E-state index is -0.921. The highest BCUT2D eigenvalue weighted by Crippen LogP contribution is 2.20. The zero-order valence-corrected chi connectivity index (χ0v) is 12.4. The van der Waals surface area contributed by atoms with Crippen molar-refractivity contribution in [3.63, 3.8) is 0 Å². The van der Waals surface area contributed by atoms with Crippen LogP contribution in [0.15, 0.2) is 35.3 Å². The van der Waals surface area contributed by atoms with Crippen molar-refractivity contribution in [3.05, 3.63) is 40.8 Å². The van der Waals surface area contributed by atoms with Crippen LogP contribution in [-0.2, 0) is 6.54 Å². The summed E-state index contributed by atoms with van der Waals surface area (Å²) in [5.74, 6) is 0. The van der Waals surface area contributed by atoms with E-state index in [0.717, 1.165) is 37.3 Å². The number of aromatic nitrogens is 1. The molecule has 3 N–H and O–H groups in total. The molecule has 1 atom stereocenters. The SMILES string of the molecule is O=c1c2ccc(N3CCNCC3)cc2ccn1CC(O)CO. The number of anilines is 1. The Morgan fingerprint density at radius 1 is 1.23 bits per heavy atom. The van der Waals surface area contributed by atoms with Gasteiger partial charge in [0.1, 0.15) is 0 Å². The quantitative estimate of drug-likeness (QED) is 0.727. The van der Waals surface area contributed by atoms with E-state index in [1.807, 2.05) is 24.3 Å². The second-order valence-electron chi connectivity index (χ2n) is 5.62. The topological polar surface area (TPSA) is 77.7 Å². The van der Waals surface area contributed by atoms with Gasteiger partial charge < -0.3 is 25.0 Å². The predicted molar refractivity (Wildman–Crippen MR) is 86.4 cm³/mol. The molecule has 2 heterocycles. The van der Waals surface area contributed by atoms with Gasteiger partial charge in [-0.3, -0.25) is 4.79 Å². The van der Waals surface area contributed by atoms with Gasteiger partial charge in [0.15, 0.2) is 0 Å². The largest absolute Gasteiger partial charge is 0.394 e. The van der Waals surface area contributed by atoms with E-state index in [9.17, 15) is 9.90 Å². The molecule has 1 saturated heterocycles. The summed E-state index contributed by atoms with van der Waals surface area (Å²) in [5, 5.41) is 23.3. The van der Waals surface area contributed by atoms with Crippen molar-refractivity contribution >= 4 is 16.5 Å². The molecule has 1 aliphatic rings. The van der Waals surface area contributed by atoms with Gasteiger partial charge in [-0.15, -0.1) is 0 Å². The average molecular weight is 303 g/mol. The molecule has 118 valence electrons. The van der Waals surface area contributed by atoms with E-state index < -0.39 is 6.10 Å². The molecule has 0 radical (unpaired) electrons. The van der Waals surface area contributed by atoms with Crippen LogP contribution < -0.4 is 15.8 Å². The minimum absolute atomic E-state index is 0.102. The summed E-state index contributed by atoms with van der Waals surface area (Å²) in [6, 6.07) is 7.74. The third kappa shape index (κ3) is 2.99. The van der Waals surface area contributed by atoms with Crippen molar-refractivity contribution in [2.45, 2.75) is 12.6 Å². The second kappa shape index (κ2) is 6.48. The first kappa shape index (κ1) is 15.0. The molecular weight excluding hydrogens is 282 g/mol. The van der Waals surface area contributed by atoms with Crippen molar-refractivity contribution in [1.29, 1.82) is 0 Å².